The van der Waals surface area contributed by atoms with Crippen molar-refractivity contribution in [3.63, 3.8) is 0 Å². The lowest BCUT2D eigenvalue weighted by atomic mass is 9.95. The van der Waals surface area contributed by atoms with Crippen molar-refractivity contribution in [3.8, 4) is 0 Å². The fourth-order valence-corrected chi connectivity index (χ4v) is 4.41. The molecule has 4 rings (SSSR count). The predicted molar refractivity (Wildman–Crippen MR) is 129 cm³/mol. The molecule has 3 aromatic rings. The quantitative estimate of drug-likeness (QED) is 0.573. The van der Waals surface area contributed by atoms with Gasteiger partial charge in [-0.2, -0.15) is 5.10 Å². The van der Waals surface area contributed by atoms with E-state index in [1.165, 1.54) is 15.1 Å². The molecule has 7 heteroatoms. The highest BCUT2D eigenvalue weighted by molar-refractivity contribution is 5.88. The summed E-state index contributed by atoms with van der Waals surface area (Å²) in [6.45, 7) is 6.04. The number of carbonyl (C=O) groups excluding carboxylic acids is 2. The van der Waals surface area contributed by atoms with Crippen molar-refractivity contribution in [2.75, 3.05) is 6.54 Å². The highest BCUT2D eigenvalue weighted by Gasteiger charge is 2.40. The molecule has 0 aliphatic carbocycles. The number of likely N-dealkylation sites (tertiary alicyclic amines) is 1. The number of nitrogens with one attached hydrogen (secondary N) is 1. The van der Waals surface area contributed by atoms with Gasteiger partial charge in [-0.1, -0.05) is 68.4 Å². The lowest BCUT2D eigenvalue weighted by molar-refractivity contribution is -0.139. The van der Waals surface area contributed by atoms with Crippen LogP contribution < -0.4 is 5.32 Å². The topological polar surface area (TPSA) is 67.2 Å². The van der Waals surface area contributed by atoms with Gasteiger partial charge in [0.2, 0.25) is 11.8 Å². The van der Waals surface area contributed by atoms with Crippen LogP contribution in [0.1, 0.15) is 54.5 Å². The number of carbonyl (C=O) groups is 2. The summed E-state index contributed by atoms with van der Waals surface area (Å²) in [5.41, 5.74) is 4.00. The van der Waals surface area contributed by atoms with Crippen LogP contribution in [0.3, 0.4) is 0 Å². The number of halogens is 1. The minimum absolute atomic E-state index is 0.0104. The van der Waals surface area contributed by atoms with Gasteiger partial charge in [-0.25, -0.2) is 4.39 Å². The Morgan fingerprint density at radius 1 is 1.06 bits per heavy atom. The first-order chi connectivity index (χ1) is 16.3. The normalized spacial score (nSPS) is 18.8. The number of amides is 2. The van der Waals surface area contributed by atoms with Gasteiger partial charge in [-0.3, -0.25) is 14.3 Å². The summed E-state index contributed by atoms with van der Waals surface area (Å²) in [6.07, 6.45) is 2.17. The molecular formula is C27H31FN4O2. The molecule has 0 bridgehead atoms. The Hall–Kier alpha value is -3.48. The van der Waals surface area contributed by atoms with Crippen molar-refractivity contribution in [1.82, 2.24) is 20.0 Å². The van der Waals surface area contributed by atoms with Crippen molar-refractivity contribution >= 4 is 11.8 Å². The second kappa shape index (κ2) is 10.2. The Morgan fingerprint density at radius 2 is 1.71 bits per heavy atom. The van der Waals surface area contributed by atoms with Gasteiger partial charge in [0.25, 0.3) is 0 Å². The third-order valence-corrected chi connectivity index (χ3v) is 6.29. The molecule has 2 amide bonds. The van der Waals surface area contributed by atoms with Gasteiger partial charge in [0, 0.05) is 12.6 Å². The number of nitrogens with zero attached hydrogens (tertiary/aromatic N) is 3. The van der Waals surface area contributed by atoms with E-state index in [0.29, 0.717) is 5.92 Å². The first-order valence-electron chi connectivity index (χ1n) is 11.7. The van der Waals surface area contributed by atoms with Crippen LogP contribution in [0.2, 0.25) is 0 Å². The molecule has 0 saturated carbocycles. The smallest absolute Gasteiger partial charge is 0.245 e. The van der Waals surface area contributed by atoms with Gasteiger partial charge in [0.05, 0.1) is 18.8 Å². The summed E-state index contributed by atoms with van der Waals surface area (Å²) in [4.78, 5) is 27.7. The molecule has 0 spiro atoms. The number of benzene rings is 2. The fraction of sp³-hybridized carbons (Fsp3) is 0.370. The second-order valence-electron chi connectivity index (χ2n) is 9.28. The first kappa shape index (κ1) is 23.7. The number of aromatic nitrogens is 2. The molecule has 2 heterocycles. The molecule has 34 heavy (non-hydrogen) atoms. The summed E-state index contributed by atoms with van der Waals surface area (Å²) in [5, 5.41) is 7.23. The average Bonchev–Trinajstić information content (AvgIpc) is 3.43. The Labute approximate surface area is 199 Å². The molecule has 1 saturated heterocycles. The first-order valence-corrected chi connectivity index (χ1v) is 11.7. The number of hydrogen-bond donors (Lipinski definition) is 1. The molecule has 0 radical (unpaired) electrons. The van der Waals surface area contributed by atoms with Crippen LogP contribution in [0.25, 0.3) is 0 Å². The molecule has 1 fully saturated rings. The predicted octanol–water partition coefficient (Wildman–Crippen LogP) is 4.16. The van der Waals surface area contributed by atoms with Crippen LogP contribution in [-0.2, 0) is 16.1 Å². The zero-order chi connectivity index (χ0) is 24.2. The number of hydrogen-bond acceptors (Lipinski definition) is 3. The number of rotatable bonds is 7. The van der Waals surface area contributed by atoms with E-state index in [1.54, 1.807) is 12.4 Å². The van der Waals surface area contributed by atoms with E-state index in [2.05, 4.69) is 36.4 Å². The SMILES string of the molecule is Cc1cnn(CC(=O)N2C[C@H](F)C[C@H]2C(=O)N[C@@H](c2ccccc2)c2ccc(C(C)C)cc2)c1. The van der Waals surface area contributed by atoms with Gasteiger partial charge in [-0.15, -0.1) is 0 Å². The van der Waals surface area contributed by atoms with E-state index >= 15 is 0 Å². The van der Waals surface area contributed by atoms with Crippen LogP contribution in [-0.4, -0.2) is 45.3 Å². The molecule has 3 atom stereocenters. The van der Waals surface area contributed by atoms with E-state index in [0.717, 1.165) is 16.7 Å². The van der Waals surface area contributed by atoms with Crippen LogP contribution in [0.4, 0.5) is 4.39 Å². The molecule has 1 aliphatic heterocycles. The van der Waals surface area contributed by atoms with Crippen LogP contribution in [0.15, 0.2) is 67.0 Å². The maximum atomic E-state index is 14.4. The van der Waals surface area contributed by atoms with Crippen LogP contribution in [0, 0.1) is 6.92 Å². The molecule has 178 valence electrons. The van der Waals surface area contributed by atoms with Gasteiger partial charge in [0.1, 0.15) is 18.8 Å². The third-order valence-electron chi connectivity index (χ3n) is 6.29. The highest BCUT2D eigenvalue weighted by Crippen LogP contribution is 2.27. The Kier molecular flexibility index (Phi) is 7.10. The average molecular weight is 463 g/mol. The van der Waals surface area contributed by atoms with Crippen LogP contribution >= 0.6 is 0 Å². The van der Waals surface area contributed by atoms with Crippen molar-refractivity contribution in [1.29, 1.82) is 0 Å². The molecular weight excluding hydrogens is 431 g/mol. The Morgan fingerprint density at radius 3 is 2.32 bits per heavy atom. The van der Waals surface area contributed by atoms with E-state index in [9.17, 15) is 14.0 Å². The third kappa shape index (κ3) is 5.35. The van der Waals surface area contributed by atoms with Gasteiger partial charge >= 0.3 is 0 Å². The molecule has 1 aliphatic rings. The Balaban J connectivity index is 1.55. The van der Waals surface area contributed by atoms with E-state index in [-0.39, 0.29) is 31.3 Å². The van der Waals surface area contributed by atoms with Crippen molar-refractivity contribution in [2.24, 2.45) is 0 Å². The molecule has 1 aromatic heterocycles. The molecule has 1 N–H and O–H groups in total. The van der Waals surface area contributed by atoms with Crippen molar-refractivity contribution < 1.29 is 14.0 Å². The summed E-state index contributed by atoms with van der Waals surface area (Å²) in [7, 11) is 0. The molecule has 0 unspecified atom stereocenters. The number of alkyl halides is 1. The largest absolute Gasteiger partial charge is 0.343 e. The molecule has 6 nitrogen and oxygen atoms in total. The minimum atomic E-state index is -1.24. The highest BCUT2D eigenvalue weighted by atomic mass is 19.1. The van der Waals surface area contributed by atoms with E-state index < -0.39 is 18.3 Å². The van der Waals surface area contributed by atoms with E-state index in [1.807, 2.05) is 49.4 Å². The standard InChI is InChI=1S/C27H31FN4O2/c1-18(2)20-9-11-22(12-10-20)26(21-7-5-4-6-8-21)30-27(34)24-13-23(28)16-32(24)25(33)17-31-15-19(3)14-29-31/h4-12,14-15,18,23-24,26H,13,16-17H2,1-3H3,(H,30,34)/t23-,24+,26+/m1/s1. The minimum Gasteiger partial charge on any atom is -0.343 e. The fourth-order valence-electron chi connectivity index (χ4n) is 4.41. The van der Waals surface area contributed by atoms with Gasteiger partial charge < -0.3 is 10.2 Å². The summed E-state index contributed by atoms with van der Waals surface area (Å²) in [6, 6.07) is 16.6. The van der Waals surface area contributed by atoms with Gasteiger partial charge in [-0.05, 0) is 35.1 Å². The van der Waals surface area contributed by atoms with Crippen LogP contribution in [0.5, 0.6) is 0 Å². The van der Waals surface area contributed by atoms with Gasteiger partial charge in [0.15, 0.2) is 0 Å². The van der Waals surface area contributed by atoms with Crippen molar-refractivity contribution in [3.05, 3.63) is 89.2 Å². The second-order valence-corrected chi connectivity index (χ2v) is 9.28. The monoisotopic (exact) mass is 462 g/mol. The lowest BCUT2D eigenvalue weighted by Gasteiger charge is -2.27. The zero-order valence-electron chi connectivity index (χ0n) is 19.8. The summed E-state index contributed by atoms with van der Waals surface area (Å²) in [5.74, 6) is -0.273. The maximum Gasteiger partial charge on any atom is 0.245 e. The zero-order valence-corrected chi connectivity index (χ0v) is 19.8. The summed E-state index contributed by atoms with van der Waals surface area (Å²) >= 11 is 0. The number of aryl methyl sites for hydroxylation is 1. The molecule has 2 aromatic carbocycles. The van der Waals surface area contributed by atoms with E-state index in [4.69, 9.17) is 0 Å². The lowest BCUT2D eigenvalue weighted by Crippen LogP contribution is -2.48. The summed E-state index contributed by atoms with van der Waals surface area (Å²) < 4.78 is 15.9. The maximum absolute atomic E-state index is 14.4. The van der Waals surface area contributed by atoms with Crippen molar-refractivity contribution in [2.45, 2.75) is 57.9 Å². The Bertz CT molecular complexity index is 1130.